The molecule has 12 heavy (non-hydrogen) atoms. The molecule has 0 atom stereocenters. The van der Waals surface area contributed by atoms with Crippen molar-refractivity contribution >= 4 is 0 Å². The molecule has 0 radical (unpaired) electrons. The smallest absolute Gasteiger partial charge is 0.268 e. The van der Waals surface area contributed by atoms with Gasteiger partial charge in [0.15, 0.2) is 0 Å². The lowest BCUT2D eigenvalue weighted by molar-refractivity contribution is 0.494. The predicted molar refractivity (Wildman–Crippen MR) is 48.4 cm³/mol. The largest absolute Gasteiger partial charge is 0.269 e. The van der Waals surface area contributed by atoms with E-state index in [1.807, 2.05) is 27.7 Å². The van der Waals surface area contributed by atoms with Gasteiger partial charge in [-0.1, -0.05) is 0 Å². The zero-order valence-electron chi connectivity index (χ0n) is 7.96. The summed E-state index contributed by atoms with van der Waals surface area (Å²) in [5.41, 5.74) is 1.66. The quantitative estimate of drug-likeness (QED) is 0.632. The van der Waals surface area contributed by atoms with Crippen molar-refractivity contribution in [2.75, 3.05) is 0 Å². The first-order valence-electron chi connectivity index (χ1n) is 4.09. The Morgan fingerprint density at radius 1 is 1.42 bits per heavy atom. The van der Waals surface area contributed by atoms with Gasteiger partial charge in [0.05, 0.1) is 11.7 Å². The minimum absolute atomic E-state index is 0.00981. The highest BCUT2D eigenvalue weighted by Gasteiger charge is 2.04. The summed E-state index contributed by atoms with van der Waals surface area (Å²) in [5, 5.41) is 4.14. The predicted octanol–water partition coefficient (Wildman–Crippen LogP) is 1.44. The summed E-state index contributed by atoms with van der Waals surface area (Å²) in [6.45, 7) is 7.61. The Kier molecular flexibility index (Phi) is 2.31. The molecule has 0 spiro atoms. The van der Waals surface area contributed by atoms with Crippen LogP contribution >= 0.6 is 0 Å². The third-order valence-electron chi connectivity index (χ3n) is 1.73. The molecule has 3 heteroatoms. The van der Waals surface area contributed by atoms with Crippen LogP contribution < -0.4 is 5.56 Å². The molecule has 1 aromatic rings. The van der Waals surface area contributed by atoms with E-state index in [2.05, 4.69) is 5.10 Å². The maximum atomic E-state index is 11.5. The first-order valence-corrected chi connectivity index (χ1v) is 4.09. The summed E-state index contributed by atoms with van der Waals surface area (Å²) in [4.78, 5) is 11.5. The highest BCUT2D eigenvalue weighted by molar-refractivity contribution is 5.10. The highest BCUT2D eigenvalue weighted by Crippen LogP contribution is 1.99. The van der Waals surface area contributed by atoms with Gasteiger partial charge in [-0.2, -0.15) is 5.10 Å². The normalized spacial score (nSPS) is 10.8. The molecule has 0 saturated carbocycles. The van der Waals surface area contributed by atoms with E-state index in [1.54, 1.807) is 6.07 Å². The fourth-order valence-electron chi connectivity index (χ4n) is 1.15. The first-order chi connectivity index (χ1) is 5.52. The number of nitrogens with zero attached hydrogens (tertiary/aromatic N) is 2. The van der Waals surface area contributed by atoms with Crippen molar-refractivity contribution in [2.45, 2.75) is 33.7 Å². The Labute approximate surface area is 72.0 Å². The fourth-order valence-corrected chi connectivity index (χ4v) is 1.15. The first kappa shape index (κ1) is 8.97. The van der Waals surface area contributed by atoms with E-state index < -0.39 is 0 Å². The van der Waals surface area contributed by atoms with Gasteiger partial charge in [-0.3, -0.25) is 4.79 Å². The second-order valence-electron chi connectivity index (χ2n) is 3.31. The molecule has 0 aliphatic carbocycles. The summed E-state index contributed by atoms with van der Waals surface area (Å²) in [6.07, 6.45) is 0. The summed E-state index contributed by atoms with van der Waals surface area (Å²) >= 11 is 0. The van der Waals surface area contributed by atoms with E-state index in [0.717, 1.165) is 11.3 Å². The van der Waals surface area contributed by atoms with Gasteiger partial charge in [-0.05, 0) is 33.8 Å². The third-order valence-corrected chi connectivity index (χ3v) is 1.73. The molecule has 1 heterocycles. The summed E-state index contributed by atoms with van der Waals surface area (Å²) in [7, 11) is 0. The molecule has 0 aliphatic heterocycles. The average molecular weight is 166 g/mol. The summed E-state index contributed by atoms with van der Waals surface area (Å²) in [6, 6.07) is 1.94. The zero-order valence-corrected chi connectivity index (χ0v) is 7.96. The van der Waals surface area contributed by atoms with Crippen LogP contribution in [0, 0.1) is 13.8 Å². The molecule has 0 aliphatic rings. The van der Waals surface area contributed by atoms with Crippen molar-refractivity contribution < 1.29 is 0 Å². The molecule has 0 aromatic carbocycles. The van der Waals surface area contributed by atoms with E-state index in [4.69, 9.17) is 0 Å². The third kappa shape index (κ3) is 1.55. The van der Waals surface area contributed by atoms with Crippen LogP contribution in [0.15, 0.2) is 10.9 Å². The highest BCUT2D eigenvalue weighted by atomic mass is 16.1. The number of hydrogen-bond acceptors (Lipinski definition) is 2. The monoisotopic (exact) mass is 166 g/mol. The average Bonchev–Trinajstić information content (AvgIpc) is 1.96. The lowest BCUT2D eigenvalue weighted by Crippen LogP contribution is -2.26. The molecular formula is C9H14N2O. The second-order valence-corrected chi connectivity index (χ2v) is 3.31. The van der Waals surface area contributed by atoms with Gasteiger partial charge in [0.25, 0.3) is 5.56 Å². The fraction of sp³-hybridized carbons (Fsp3) is 0.556. The molecule has 1 rings (SSSR count). The Morgan fingerprint density at radius 3 is 2.50 bits per heavy atom. The SMILES string of the molecule is Cc1cc(C)c(=O)n(C(C)C)n1. The molecule has 0 fully saturated rings. The van der Waals surface area contributed by atoms with E-state index in [-0.39, 0.29) is 11.6 Å². The summed E-state index contributed by atoms with van der Waals surface area (Å²) in [5.74, 6) is 0. The molecule has 1 aromatic heterocycles. The van der Waals surface area contributed by atoms with E-state index in [1.165, 1.54) is 4.68 Å². The van der Waals surface area contributed by atoms with Gasteiger partial charge in [-0.15, -0.1) is 0 Å². The van der Waals surface area contributed by atoms with Crippen LogP contribution in [0.3, 0.4) is 0 Å². The van der Waals surface area contributed by atoms with Gasteiger partial charge in [0, 0.05) is 5.56 Å². The van der Waals surface area contributed by atoms with Crippen molar-refractivity contribution in [3.8, 4) is 0 Å². The topological polar surface area (TPSA) is 34.9 Å². The molecule has 0 amide bonds. The van der Waals surface area contributed by atoms with E-state index >= 15 is 0 Å². The van der Waals surface area contributed by atoms with Gasteiger partial charge in [-0.25, -0.2) is 4.68 Å². The standard InChI is InChI=1S/C9H14N2O/c1-6(2)11-9(12)7(3)5-8(4)10-11/h5-6H,1-4H3. The maximum absolute atomic E-state index is 11.5. The molecular weight excluding hydrogens is 152 g/mol. The van der Waals surface area contributed by atoms with E-state index in [9.17, 15) is 4.79 Å². The maximum Gasteiger partial charge on any atom is 0.269 e. The Morgan fingerprint density at radius 2 is 2.00 bits per heavy atom. The number of rotatable bonds is 1. The van der Waals surface area contributed by atoms with Crippen molar-refractivity contribution in [1.29, 1.82) is 0 Å². The zero-order chi connectivity index (χ0) is 9.30. The van der Waals surface area contributed by atoms with Crippen molar-refractivity contribution in [3.05, 3.63) is 27.7 Å². The summed E-state index contributed by atoms with van der Waals surface area (Å²) < 4.78 is 1.52. The molecule has 0 bridgehead atoms. The van der Waals surface area contributed by atoms with Crippen molar-refractivity contribution in [1.82, 2.24) is 9.78 Å². The molecule has 0 N–H and O–H groups in total. The minimum atomic E-state index is 0.00981. The van der Waals surface area contributed by atoms with Crippen LogP contribution in [0.4, 0.5) is 0 Å². The van der Waals surface area contributed by atoms with Gasteiger partial charge in [0.2, 0.25) is 0 Å². The van der Waals surface area contributed by atoms with Gasteiger partial charge >= 0.3 is 0 Å². The van der Waals surface area contributed by atoms with Gasteiger partial charge in [0.1, 0.15) is 0 Å². The van der Waals surface area contributed by atoms with Crippen LogP contribution in [0.2, 0.25) is 0 Å². The number of aryl methyl sites for hydroxylation is 2. The molecule has 66 valence electrons. The Bertz CT molecular complexity index is 339. The lowest BCUT2D eigenvalue weighted by atomic mass is 10.3. The number of aromatic nitrogens is 2. The van der Waals surface area contributed by atoms with Crippen LogP contribution in [-0.4, -0.2) is 9.78 Å². The van der Waals surface area contributed by atoms with E-state index in [0.29, 0.717) is 0 Å². The molecule has 3 nitrogen and oxygen atoms in total. The molecule has 0 saturated heterocycles. The van der Waals surface area contributed by atoms with Crippen LogP contribution in [0.1, 0.15) is 31.1 Å². The number of hydrogen-bond donors (Lipinski definition) is 0. The van der Waals surface area contributed by atoms with Crippen molar-refractivity contribution in [2.24, 2.45) is 0 Å². The van der Waals surface area contributed by atoms with Crippen LogP contribution in [0.5, 0.6) is 0 Å². The minimum Gasteiger partial charge on any atom is -0.268 e. The van der Waals surface area contributed by atoms with Crippen LogP contribution in [-0.2, 0) is 0 Å². The lowest BCUT2D eigenvalue weighted by Gasteiger charge is -2.09. The second kappa shape index (κ2) is 3.09. The van der Waals surface area contributed by atoms with Crippen LogP contribution in [0.25, 0.3) is 0 Å². The van der Waals surface area contributed by atoms with Crippen molar-refractivity contribution in [3.63, 3.8) is 0 Å². The Hall–Kier alpha value is -1.12. The van der Waals surface area contributed by atoms with Gasteiger partial charge < -0.3 is 0 Å². The molecule has 0 unspecified atom stereocenters. The Balaban J connectivity index is 3.38.